The molecule has 23 heavy (non-hydrogen) atoms. The molecular weight excluding hydrogens is 382 g/mol. The zero-order valence-corrected chi connectivity index (χ0v) is 14.3. The number of anilines is 1. The third-order valence-electron chi connectivity index (χ3n) is 3.31. The van der Waals surface area contributed by atoms with Gasteiger partial charge in [0, 0.05) is 29.8 Å². The van der Waals surface area contributed by atoms with Gasteiger partial charge in [-0.1, -0.05) is 30.3 Å². The molecule has 0 radical (unpaired) electrons. The largest absolute Gasteiger partial charge is 0.366 e. The number of rotatable bonds is 5. The van der Waals surface area contributed by atoms with E-state index in [1.807, 2.05) is 30.6 Å². The van der Waals surface area contributed by atoms with Crippen LogP contribution in [0, 0.1) is 11.6 Å². The van der Waals surface area contributed by atoms with Crippen LogP contribution in [0.25, 0.3) is 0 Å². The van der Waals surface area contributed by atoms with E-state index in [0.29, 0.717) is 0 Å². The first-order valence-corrected chi connectivity index (χ1v) is 8.51. The van der Waals surface area contributed by atoms with Gasteiger partial charge in [-0.2, -0.15) is 0 Å². The van der Waals surface area contributed by atoms with Gasteiger partial charge in [-0.05, 0) is 45.1 Å². The van der Waals surface area contributed by atoms with Crippen LogP contribution in [-0.2, 0) is 6.42 Å². The number of hydrogen-bond acceptors (Lipinski definition) is 2. The predicted molar refractivity (Wildman–Crippen MR) is 93.6 cm³/mol. The summed E-state index contributed by atoms with van der Waals surface area (Å²) in [7, 11) is 0. The highest BCUT2D eigenvalue weighted by molar-refractivity contribution is 9.10. The number of H-pyrrole nitrogens is 1. The fourth-order valence-electron chi connectivity index (χ4n) is 2.14. The Labute approximate surface area is 145 Å². The van der Waals surface area contributed by atoms with Crippen molar-refractivity contribution in [2.45, 2.75) is 11.3 Å². The number of benzene rings is 2. The molecule has 0 saturated heterocycles. The first kappa shape index (κ1) is 16.1. The molecule has 3 aromatic rings. The minimum absolute atomic E-state index is 0.108. The van der Waals surface area contributed by atoms with Crippen molar-refractivity contribution in [1.29, 1.82) is 0 Å². The highest BCUT2D eigenvalue weighted by Crippen LogP contribution is 2.29. The molecule has 0 aliphatic heterocycles. The molecule has 0 aliphatic carbocycles. The SMILES string of the molecule is Fc1cc(NSc2c[nH]cc2Cc2ccccc2)c(F)cc1Br. The first-order valence-electron chi connectivity index (χ1n) is 6.90. The number of halogens is 3. The van der Waals surface area contributed by atoms with Crippen molar-refractivity contribution in [2.24, 2.45) is 0 Å². The van der Waals surface area contributed by atoms with E-state index in [-0.39, 0.29) is 10.2 Å². The lowest BCUT2D eigenvalue weighted by atomic mass is 10.1. The minimum Gasteiger partial charge on any atom is -0.366 e. The van der Waals surface area contributed by atoms with E-state index in [9.17, 15) is 8.78 Å². The van der Waals surface area contributed by atoms with Gasteiger partial charge in [0.1, 0.15) is 11.6 Å². The lowest BCUT2D eigenvalue weighted by molar-refractivity contribution is 0.598. The summed E-state index contributed by atoms with van der Waals surface area (Å²) >= 11 is 4.22. The maximum Gasteiger partial charge on any atom is 0.148 e. The average Bonchev–Trinajstić information content (AvgIpc) is 2.98. The van der Waals surface area contributed by atoms with Gasteiger partial charge >= 0.3 is 0 Å². The van der Waals surface area contributed by atoms with Crippen LogP contribution in [-0.4, -0.2) is 4.98 Å². The van der Waals surface area contributed by atoms with Gasteiger partial charge in [-0.15, -0.1) is 0 Å². The van der Waals surface area contributed by atoms with Crippen LogP contribution in [0.15, 0.2) is 64.2 Å². The van der Waals surface area contributed by atoms with Crippen LogP contribution in [0.3, 0.4) is 0 Å². The molecule has 1 aromatic heterocycles. The van der Waals surface area contributed by atoms with Crippen LogP contribution in [0.5, 0.6) is 0 Å². The summed E-state index contributed by atoms with van der Waals surface area (Å²) in [6.45, 7) is 0. The third-order valence-corrected chi connectivity index (χ3v) is 4.84. The second-order valence-electron chi connectivity index (χ2n) is 4.96. The molecule has 0 aliphatic rings. The Hall–Kier alpha value is -1.79. The molecule has 2 nitrogen and oxygen atoms in total. The smallest absolute Gasteiger partial charge is 0.148 e. The summed E-state index contributed by atoms with van der Waals surface area (Å²) in [6, 6.07) is 12.3. The van der Waals surface area contributed by atoms with Crippen LogP contribution in [0.1, 0.15) is 11.1 Å². The standard InChI is InChI=1S/C17H13BrF2N2S/c18-13-7-15(20)16(8-14(13)19)22-23-17-10-21-9-12(17)6-11-4-2-1-3-5-11/h1-5,7-10,21-22H,6H2. The Kier molecular flexibility index (Phi) is 5.03. The van der Waals surface area contributed by atoms with Crippen LogP contribution >= 0.6 is 27.9 Å². The molecule has 0 spiro atoms. The van der Waals surface area contributed by atoms with Crippen molar-refractivity contribution >= 4 is 33.6 Å². The Morgan fingerprint density at radius 3 is 2.61 bits per heavy atom. The summed E-state index contributed by atoms with van der Waals surface area (Å²) in [6.07, 6.45) is 4.52. The molecule has 0 amide bonds. The molecule has 0 saturated carbocycles. The molecule has 2 N–H and O–H groups in total. The molecule has 118 valence electrons. The van der Waals surface area contributed by atoms with Crippen molar-refractivity contribution in [1.82, 2.24) is 4.98 Å². The van der Waals surface area contributed by atoms with Gasteiger partial charge in [0.2, 0.25) is 0 Å². The molecule has 0 bridgehead atoms. The maximum absolute atomic E-state index is 13.8. The number of nitrogens with one attached hydrogen (secondary N) is 2. The fraction of sp³-hybridized carbons (Fsp3) is 0.0588. The van der Waals surface area contributed by atoms with E-state index in [1.54, 1.807) is 0 Å². The van der Waals surface area contributed by atoms with E-state index in [0.717, 1.165) is 29.0 Å². The van der Waals surface area contributed by atoms with Gasteiger partial charge < -0.3 is 9.71 Å². The van der Waals surface area contributed by atoms with Crippen molar-refractivity contribution in [2.75, 3.05) is 4.72 Å². The minimum atomic E-state index is -0.508. The van der Waals surface area contributed by atoms with Crippen molar-refractivity contribution in [3.8, 4) is 0 Å². The Morgan fingerprint density at radius 2 is 1.83 bits per heavy atom. The molecule has 2 aromatic carbocycles. The molecule has 6 heteroatoms. The number of hydrogen-bond donors (Lipinski definition) is 2. The number of aromatic nitrogens is 1. The topological polar surface area (TPSA) is 27.8 Å². The van der Waals surface area contributed by atoms with E-state index >= 15 is 0 Å². The predicted octanol–water partition coefficient (Wildman–Crippen LogP) is 5.77. The van der Waals surface area contributed by atoms with E-state index in [1.165, 1.54) is 17.5 Å². The second-order valence-corrected chi connectivity index (χ2v) is 6.66. The first-order chi connectivity index (χ1) is 11.1. The summed E-state index contributed by atoms with van der Waals surface area (Å²) in [4.78, 5) is 4.00. The quantitative estimate of drug-likeness (QED) is 0.424. The van der Waals surface area contributed by atoms with Crippen LogP contribution < -0.4 is 4.72 Å². The van der Waals surface area contributed by atoms with Crippen molar-refractivity contribution < 1.29 is 8.78 Å². The summed E-state index contributed by atoms with van der Waals surface area (Å²) in [5, 5.41) is 0. The summed E-state index contributed by atoms with van der Waals surface area (Å²) in [5.74, 6) is -1.01. The van der Waals surface area contributed by atoms with Gasteiger partial charge in [-0.25, -0.2) is 8.78 Å². The summed E-state index contributed by atoms with van der Waals surface area (Å²) in [5.41, 5.74) is 2.39. The maximum atomic E-state index is 13.8. The average molecular weight is 395 g/mol. The molecule has 0 unspecified atom stereocenters. The highest BCUT2D eigenvalue weighted by atomic mass is 79.9. The van der Waals surface area contributed by atoms with Gasteiger partial charge in [0.15, 0.2) is 0 Å². The van der Waals surface area contributed by atoms with E-state index < -0.39 is 11.6 Å². The monoisotopic (exact) mass is 394 g/mol. The molecule has 0 fully saturated rings. The lowest BCUT2D eigenvalue weighted by Crippen LogP contribution is -1.94. The second kappa shape index (κ2) is 7.19. The molecule has 1 heterocycles. The molecular formula is C17H13BrF2N2S. The zero-order chi connectivity index (χ0) is 16.2. The lowest BCUT2D eigenvalue weighted by Gasteiger charge is -2.08. The third kappa shape index (κ3) is 3.95. The normalized spacial score (nSPS) is 10.7. The van der Waals surface area contributed by atoms with Crippen molar-refractivity contribution in [3.63, 3.8) is 0 Å². The van der Waals surface area contributed by atoms with Gasteiger partial charge in [0.25, 0.3) is 0 Å². The Balaban J connectivity index is 1.72. The Bertz CT molecular complexity index is 806. The highest BCUT2D eigenvalue weighted by Gasteiger charge is 2.10. The number of aromatic amines is 1. The van der Waals surface area contributed by atoms with Gasteiger partial charge in [0.05, 0.1) is 10.2 Å². The van der Waals surface area contributed by atoms with Crippen LogP contribution in [0.2, 0.25) is 0 Å². The van der Waals surface area contributed by atoms with Gasteiger partial charge in [-0.3, -0.25) is 0 Å². The fourth-order valence-corrected chi connectivity index (χ4v) is 3.22. The molecule has 0 atom stereocenters. The van der Waals surface area contributed by atoms with E-state index in [2.05, 4.69) is 37.8 Å². The zero-order valence-electron chi connectivity index (χ0n) is 11.9. The van der Waals surface area contributed by atoms with Crippen LogP contribution in [0.4, 0.5) is 14.5 Å². The summed E-state index contributed by atoms with van der Waals surface area (Å²) < 4.78 is 30.3. The Morgan fingerprint density at radius 1 is 1.04 bits per heavy atom. The molecule has 3 rings (SSSR count). The van der Waals surface area contributed by atoms with Crippen molar-refractivity contribution in [3.05, 3.63) is 82.1 Å². The van der Waals surface area contributed by atoms with E-state index in [4.69, 9.17) is 0 Å².